The number of carbonyl (C=O) groups is 1. The van der Waals surface area contributed by atoms with Gasteiger partial charge in [-0.25, -0.2) is 0 Å². The van der Waals surface area contributed by atoms with Crippen molar-refractivity contribution in [2.45, 2.75) is 13.0 Å². The predicted molar refractivity (Wildman–Crippen MR) is 82.7 cm³/mol. The predicted octanol–water partition coefficient (Wildman–Crippen LogP) is 0.439. The fourth-order valence-corrected chi connectivity index (χ4v) is 1.77. The second-order valence-corrected chi connectivity index (χ2v) is 4.67. The van der Waals surface area contributed by atoms with Crippen LogP contribution in [0.3, 0.4) is 0 Å². The first-order valence-corrected chi connectivity index (χ1v) is 7.19. The molecule has 0 aliphatic heterocycles. The maximum atomic E-state index is 10.3. The van der Waals surface area contributed by atoms with Crippen LogP contribution in [0.5, 0.6) is 5.75 Å². The highest BCUT2D eigenvalue weighted by Gasteiger charge is 1.96. The van der Waals surface area contributed by atoms with Gasteiger partial charge in [-0.2, -0.15) is 0 Å². The first kappa shape index (κ1) is 17.4. The van der Waals surface area contributed by atoms with E-state index in [1.54, 1.807) is 7.11 Å². The molecule has 0 radical (unpaired) electrons. The van der Waals surface area contributed by atoms with E-state index in [0.717, 1.165) is 38.5 Å². The smallest absolute Gasteiger partial charge is 0.304 e. The molecule has 1 rings (SSSR count). The van der Waals surface area contributed by atoms with Crippen LogP contribution in [-0.2, 0) is 11.3 Å². The minimum absolute atomic E-state index is 0.170. The monoisotopic (exact) mass is 295 g/mol. The van der Waals surface area contributed by atoms with Crippen molar-refractivity contribution < 1.29 is 14.6 Å². The zero-order valence-corrected chi connectivity index (χ0v) is 12.5. The minimum atomic E-state index is -0.766. The molecule has 0 unspecified atom stereocenters. The Kier molecular flexibility index (Phi) is 9.19. The maximum Gasteiger partial charge on any atom is 0.304 e. The van der Waals surface area contributed by atoms with Gasteiger partial charge in [0.15, 0.2) is 0 Å². The van der Waals surface area contributed by atoms with Crippen molar-refractivity contribution in [3.63, 3.8) is 0 Å². The molecule has 0 amide bonds. The Bertz CT molecular complexity index is 396. The van der Waals surface area contributed by atoms with Crippen LogP contribution >= 0.6 is 0 Å². The average Bonchev–Trinajstić information content (AvgIpc) is 2.49. The lowest BCUT2D eigenvalue weighted by Gasteiger charge is -2.08. The van der Waals surface area contributed by atoms with E-state index in [1.807, 2.05) is 24.3 Å². The Balaban J connectivity index is 1.91. The van der Waals surface area contributed by atoms with Gasteiger partial charge in [-0.3, -0.25) is 4.79 Å². The molecule has 0 fully saturated rings. The molecule has 1 aromatic carbocycles. The molecule has 0 spiro atoms. The van der Waals surface area contributed by atoms with Crippen molar-refractivity contribution in [2.24, 2.45) is 0 Å². The Morgan fingerprint density at radius 3 is 2.14 bits per heavy atom. The number of nitrogens with one attached hydrogen (secondary N) is 3. The van der Waals surface area contributed by atoms with Crippen LogP contribution < -0.4 is 20.7 Å². The van der Waals surface area contributed by atoms with E-state index in [2.05, 4.69) is 16.0 Å². The molecule has 0 saturated heterocycles. The van der Waals surface area contributed by atoms with Crippen molar-refractivity contribution >= 4 is 5.97 Å². The van der Waals surface area contributed by atoms with E-state index >= 15 is 0 Å². The SMILES string of the molecule is COc1ccc(CNCCNCCNCCC(=O)O)cc1. The molecular formula is C15H25N3O3. The van der Waals surface area contributed by atoms with E-state index in [0.29, 0.717) is 6.54 Å². The number of carboxylic acids is 1. The fourth-order valence-electron chi connectivity index (χ4n) is 1.77. The van der Waals surface area contributed by atoms with Crippen molar-refractivity contribution in [1.29, 1.82) is 0 Å². The zero-order valence-electron chi connectivity index (χ0n) is 12.5. The van der Waals surface area contributed by atoms with Crippen LogP contribution in [0.25, 0.3) is 0 Å². The summed E-state index contributed by atoms with van der Waals surface area (Å²) in [7, 11) is 1.66. The molecule has 0 saturated carbocycles. The average molecular weight is 295 g/mol. The Morgan fingerprint density at radius 1 is 1.00 bits per heavy atom. The minimum Gasteiger partial charge on any atom is -0.497 e. The maximum absolute atomic E-state index is 10.3. The quantitative estimate of drug-likeness (QED) is 0.419. The van der Waals surface area contributed by atoms with Gasteiger partial charge < -0.3 is 25.8 Å². The lowest BCUT2D eigenvalue weighted by atomic mass is 10.2. The van der Waals surface area contributed by atoms with Gasteiger partial charge >= 0.3 is 5.97 Å². The Labute approximate surface area is 125 Å². The summed E-state index contributed by atoms with van der Waals surface area (Å²) < 4.78 is 5.11. The lowest BCUT2D eigenvalue weighted by Crippen LogP contribution is -2.33. The van der Waals surface area contributed by atoms with Gasteiger partial charge in [0.05, 0.1) is 13.5 Å². The van der Waals surface area contributed by atoms with Crippen molar-refractivity contribution in [1.82, 2.24) is 16.0 Å². The highest BCUT2D eigenvalue weighted by molar-refractivity contribution is 5.66. The number of hydrogen-bond donors (Lipinski definition) is 4. The summed E-state index contributed by atoms with van der Waals surface area (Å²) >= 11 is 0. The molecule has 0 atom stereocenters. The van der Waals surface area contributed by atoms with Crippen LogP contribution in [0.4, 0.5) is 0 Å². The number of hydrogen-bond acceptors (Lipinski definition) is 5. The van der Waals surface area contributed by atoms with Gasteiger partial charge in [0.1, 0.15) is 5.75 Å². The molecular weight excluding hydrogens is 270 g/mol. The number of rotatable bonds is 12. The number of benzene rings is 1. The number of methoxy groups -OCH3 is 1. The zero-order chi connectivity index (χ0) is 15.3. The summed E-state index contributed by atoms with van der Waals surface area (Å²) in [6, 6.07) is 8.01. The van der Waals surface area contributed by atoms with Gasteiger partial charge in [0.25, 0.3) is 0 Å². The van der Waals surface area contributed by atoms with Crippen LogP contribution in [0.1, 0.15) is 12.0 Å². The summed E-state index contributed by atoms with van der Waals surface area (Å²) in [5.74, 6) is 0.106. The first-order chi connectivity index (χ1) is 10.2. The van der Waals surface area contributed by atoms with E-state index in [1.165, 1.54) is 5.56 Å². The summed E-state index contributed by atoms with van der Waals surface area (Å²) in [5, 5.41) is 18.2. The second-order valence-electron chi connectivity index (χ2n) is 4.67. The van der Waals surface area contributed by atoms with Gasteiger partial charge in [0, 0.05) is 39.3 Å². The van der Waals surface area contributed by atoms with Crippen LogP contribution in [-0.4, -0.2) is 50.9 Å². The second kappa shape index (κ2) is 11.1. The van der Waals surface area contributed by atoms with Crippen molar-refractivity contribution in [3.05, 3.63) is 29.8 Å². The topological polar surface area (TPSA) is 82.6 Å². The summed E-state index contributed by atoms with van der Waals surface area (Å²) in [5.41, 5.74) is 1.23. The van der Waals surface area contributed by atoms with E-state index in [-0.39, 0.29) is 6.42 Å². The van der Waals surface area contributed by atoms with Gasteiger partial charge in [-0.15, -0.1) is 0 Å². The van der Waals surface area contributed by atoms with Gasteiger partial charge in [-0.05, 0) is 17.7 Å². The fraction of sp³-hybridized carbons (Fsp3) is 0.533. The van der Waals surface area contributed by atoms with E-state index in [9.17, 15) is 4.79 Å². The summed E-state index contributed by atoms with van der Waals surface area (Å²) in [6.45, 7) is 4.75. The number of aliphatic carboxylic acids is 1. The van der Waals surface area contributed by atoms with Crippen molar-refractivity contribution in [3.8, 4) is 5.75 Å². The highest BCUT2D eigenvalue weighted by Crippen LogP contribution is 2.10. The largest absolute Gasteiger partial charge is 0.497 e. The Morgan fingerprint density at radius 2 is 1.57 bits per heavy atom. The molecule has 21 heavy (non-hydrogen) atoms. The first-order valence-electron chi connectivity index (χ1n) is 7.19. The van der Waals surface area contributed by atoms with Crippen LogP contribution in [0.15, 0.2) is 24.3 Å². The molecule has 6 heteroatoms. The third kappa shape index (κ3) is 9.01. The van der Waals surface area contributed by atoms with Gasteiger partial charge in [0.2, 0.25) is 0 Å². The standard InChI is InChI=1S/C15H25N3O3/c1-21-14-4-2-13(3-5-14)12-18-11-10-17-9-8-16-7-6-15(19)20/h2-5,16-18H,6-12H2,1H3,(H,19,20). The highest BCUT2D eigenvalue weighted by atomic mass is 16.5. The van der Waals surface area contributed by atoms with Crippen LogP contribution in [0, 0.1) is 0 Å². The number of ether oxygens (including phenoxy) is 1. The molecule has 0 bridgehead atoms. The van der Waals surface area contributed by atoms with E-state index < -0.39 is 5.97 Å². The third-order valence-corrected chi connectivity index (χ3v) is 2.96. The molecule has 0 aliphatic rings. The lowest BCUT2D eigenvalue weighted by molar-refractivity contribution is -0.136. The molecule has 1 aromatic rings. The summed E-state index contributed by atoms with van der Waals surface area (Å²) in [4.78, 5) is 10.3. The molecule has 118 valence electrons. The molecule has 0 aliphatic carbocycles. The number of carboxylic acid groups (broad SMARTS) is 1. The van der Waals surface area contributed by atoms with Crippen molar-refractivity contribution in [2.75, 3.05) is 39.8 Å². The summed E-state index contributed by atoms with van der Waals surface area (Å²) in [6.07, 6.45) is 0.170. The third-order valence-electron chi connectivity index (χ3n) is 2.96. The molecule has 0 aromatic heterocycles. The molecule has 0 heterocycles. The Hall–Kier alpha value is -1.63. The normalized spacial score (nSPS) is 10.5. The molecule has 4 N–H and O–H groups in total. The molecule has 6 nitrogen and oxygen atoms in total. The van der Waals surface area contributed by atoms with Crippen LogP contribution in [0.2, 0.25) is 0 Å². The van der Waals surface area contributed by atoms with E-state index in [4.69, 9.17) is 9.84 Å². The van der Waals surface area contributed by atoms with Gasteiger partial charge in [-0.1, -0.05) is 12.1 Å².